The van der Waals surface area contributed by atoms with Crippen molar-refractivity contribution in [3.63, 3.8) is 0 Å². The molecule has 1 saturated carbocycles. The first-order valence-corrected chi connectivity index (χ1v) is 13.2. The predicted octanol–water partition coefficient (Wildman–Crippen LogP) is 4.95. The monoisotopic (exact) mass is 506 g/mol. The lowest BCUT2D eigenvalue weighted by atomic mass is 9.91. The molecule has 0 radical (unpaired) electrons. The van der Waals surface area contributed by atoms with Crippen molar-refractivity contribution in [2.75, 3.05) is 38.7 Å². The molecule has 2 fully saturated rings. The number of hydrogen-bond acceptors (Lipinski definition) is 5. The fourth-order valence-electron chi connectivity index (χ4n) is 6.03. The first-order chi connectivity index (χ1) is 18.6. The molecule has 1 amide bonds. The van der Waals surface area contributed by atoms with Crippen LogP contribution >= 0.6 is 0 Å². The molecule has 1 aliphatic carbocycles. The Kier molecular flexibility index (Phi) is 5.56. The summed E-state index contributed by atoms with van der Waals surface area (Å²) in [7, 11) is 1.66. The highest BCUT2D eigenvalue weighted by Gasteiger charge is 2.65. The van der Waals surface area contributed by atoms with Crippen LogP contribution in [0.3, 0.4) is 0 Å². The van der Waals surface area contributed by atoms with Crippen molar-refractivity contribution in [1.82, 2.24) is 15.1 Å². The van der Waals surface area contributed by atoms with Crippen LogP contribution < -0.4 is 10.1 Å². The molecular weight excluding hydrogens is 476 g/mol. The highest BCUT2D eigenvalue weighted by molar-refractivity contribution is 6.10. The number of anilines is 1. The summed E-state index contributed by atoms with van der Waals surface area (Å²) >= 11 is 0. The van der Waals surface area contributed by atoms with Gasteiger partial charge in [0.05, 0.1) is 36.9 Å². The maximum Gasteiger partial charge on any atom is 0.235 e. The summed E-state index contributed by atoms with van der Waals surface area (Å²) in [5, 5.41) is 11.9. The number of aromatic nitrogens is 2. The first-order valence-electron chi connectivity index (χ1n) is 13.2. The maximum atomic E-state index is 13.0. The molecule has 0 unspecified atom stereocenters. The molecule has 0 bridgehead atoms. The van der Waals surface area contributed by atoms with Crippen LogP contribution in [0.4, 0.5) is 5.69 Å². The van der Waals surface area contributed by atoms with E-state index >= 15 is 0 Å². The third-order valence-electron chi connectivity index (χ3n) is 8.26. The van der Waals surface area contributed by atoms with Gasteiger partial charge < -0.3 is 14.8 Å². The van der Waals surface area contributed by atoms with Crippen LogP contribution in [0.2, 0.25) is 0 Å². The number of nitrogens with one attached hydrogen (secondary N) is 2. The summed E-state index contributed by atoms with van der Waals surface area (Å²) < 4.78 is 10.9. The Morgan fingerprint density at radius 3 is 2.74 bits per heavy atom. The molecule has 1 saturated heterocycles. The molecule has 192 valence electrons. The van der Waals surface area contributed by atoms with E-state index < -0.39 is 5.41 Å². The largest absolute Gasteiger partial charge is 0.497 e. The number of carbonyl (C=O) groups is 1. The number of fused-ring (bicyclic) bond motifs is 3. The van der Waals surface area contributed by atoms with E-state index in [1.807, 2.05) is 18.2 Å². The fraction of sp³-hybridized carbons (Fsp3) is 0.290. The number of rotatable bonds is 6. The normalized spacial score (nSPS) is 22.8. The van der Waals surface area contributed by atoms with E-state index in [0.29, 0.717) is 0 Å². The number of amides is 1. The van der Waals surface area contributed by atoms with Crippen LogP contribution in [0.25, 0.3) is 23.1 Å². The molecule has 1 aromatic heterocycles. The smallest absolute Gasteiger partial charge is 0.235 e. The average Bonchev–Trinajstić information content (AvgIpc) is 3.50. The zero-order valence-corrected chi connectivity index (χ0v) is 21.4. The van der Waals surface area contributed by atoms with Gasteiger partial charge in [0.15, 0.2) is 0 Å². The van der Waals surface area contributed by atoms with E-state index in [2.05, 4.69) is 75.0 Å². The lowest BCUT2D eigenvalue weighted by Gasteiger charge is -2.26. The minimum atomic E-state index is -0.506. The molecule has 2 N–H and O–H groups in total. The van der Waals surface area contributed by atoms with Gasteiger partial charge in [-0.05, 0) is 59.0 Å². The number of hydrogen-bond donors (Lipinski definition) is 2. The Labute approximate surface area is 221 Å². The van der Waals surface area contributed by atoms with Crippen molar-refractivity contribution in [2.45, 2.75) is 24.3 Å². The number of morpholine rings is 1. The zero-order chi connectivity index (χ0) is 25.7. The van der Waals surface area contributed by atoms with Crippen molar-refractivity contribution < 1.29 is 14.3 Å². The Hall–Kier alpha value is -3.94. The van der Waals surface area contributed by atoms with Gasteiger partial charge in [-0.25, -0.2) is 0 Å². The minimum Gasteiger partial charge on any atom is -0.497 e. The molecule has 3 heterocycles. The van der Waals surface area contributed by atoms with E-state index in [9.17, 15) is 4.79 Å². The summed E-state index contributed by atoms with van der Waals surface area (Å²) in [5.41, 5.74) is 6.92. The maximum absolute atomic E-state index is 13.0. The SMILES string of the molecule is COc1ccc2c(c1)[C@@]1(C[C@@H]1c1ccc3c(/C=C/c4ccc(CN5CCOCC5)cc4)n[nH]c3c1)C(=O)N2. The second-order valence-electron chi connectivity index (χ2n) is 10.5. The van der Waals surface area contributed by atoms with Crippen LogP contribution in [-0.2, 0) is 21.5 Å². The van der Waals surface area contributed by atoms with Gasteiger partial charge in [-0.15, -0.1) is 0 Å². The van der Waals surface area contributed by atoms with Gasteiger partial charge in [-0.1, -0.05) is 42.5 Å². The van der Waals surface area contributed by atoms with Crippen LogP contribution in [0.5, 0.6) is 5.75 Å². The average molecular weight is 507 g/mol. The molecule has 4 aromatic rings. The van der Waals surface area contributed by atoms with Gasteiger partial charge in [-0.2, -0.15) is 5.10 Å². The lowest BCUT2D eigenvalue weighted by molar-refractivity contribution is -0.118. The van der Waals surface area contributed by atoms with Gasteiger partial charge in [0.1, 0.15) is 5.75 Å². The van der Waals surface area contributed by atoms with Gasteiger partial charge in [0, 0.05) is 36.6 Å². The van der Waals surface area contributed by atoms with Crippen LogP contribution in [0.1, 0.15) is 40.3 Å². The third kappa shape index (κ3) is 3.90. The van der Waals surface area contributed by atoms with Crippen molar-refractivity contribution in [1.29, 1.82) is 0 Å². The summed E-state index contributed by atoms with van der Waals surface area (Å²) in [6.45, 7) is 4.59. The molecule has 3 aromatic carbocycles. The molecule has 38 heavy (non-hydrogen) atoms. The topological polar surface area (TPSA) is 79.5 Å². The van der Waals surface area contributed by atoms with E-state index in [4.69, 9.17) is 9.47 Å². The van der Waals surface area contributed by atoms with Gasteiger partial charge in [0.2, 0.25) is 5.91 Å². The molecular formula is C31H30N4O3. The Morgan fingerprint density at radius 1 is 1.08 bits per heavy atom. The number of ether oxygens (including phenoxy) is 2. The van der Waals surface area contributed by atoms with E-state index in [-0.39, 0.29) is 11.8 Å². The first kappa shape index (κ1) is 23.2. The standard InChI is InChI=1S/C31H30N4O3/c1-37-23-8-11-28-25(17-23)31(30(36)32-28)18-26(31)22-7-9-24-27(33-34-29(24)16-22)10-6-20-2-4-21(5-3-20)19-35-12-14-38-15-13-35/h2-11,16-17,26H,12-15,18-19H2,1H3,(H,32,36)(H,33,34)/b10-6+/t26-,31-/m1/s1. The summed E-state index contributed by atoms with van der Waals surface area (Å²) in [6.07, 6.45) is 4.96. The molecule has 1 spiro atoms. The number of H-pyrrole nitrogens is 1. The number of aromatic amines is 1. The van der Waals surface area contributed by atoms with Gasteiger partial charge in [0.25, 0.3) is 0 Å². The van der Waals surface area contributed by atoms with E-state index in [1.54, 1.807) is 7.11 Å². The third-order valence-corrected chi connectivity index (χ3v) is 8.26. The zero-order valence-electron chi connectivity index (χ0n) is 21.4. The number of nitrogens with zero attached hydrogens (tertiary/aromatic N) is 2. The number of carbonyl (C=O) groups excluding carboxylic acids is 1. The van der Waals surface area contributed by atoms with Crippen LogP contribution in [0.15, 0.2) is 60.7 Å². The van der Waals surface area contributed by atoms with Crippen molar-refractivity contribution in [3.05, 3.63) is 88.6 Å². The summed E-state index contributed by atoms with van der Waals surface area (Å²) in [6, 6.07) is 20.9. The van der Waals surface area contributed by atoms with E-state index in [0.717, 1.165) is 84.0 Å². The summed E-state index contributed by atoms with van der Waals surface area (Å²) in [4.78, 5) is 15.4. The highest BCUT2D eigenvalue weighted by atomic mass is 16.5. The van der Waals surface area contributed by atoms with Crippen LogP contribution in [0, 0.1) is 0 Å². The Morgan fingerprint density at radius 2 is 1.92 bits per heavy atom. The molecule has 7 heteroatoms. The van der Waals surface area contributed by atoms with E-state index in [1.165, 1.54) is 5.56 Å². The van der Waals surface area contributed by atoms with Crippen molar-refractivity contribution in [2.24, 2.45) is 0 Å². The Balaban J connectivity index is 1.08. The van der Waals surface area contributed by atoms with Crippen molar-refractivity contribution in [3.8, 4) is 5.75 Å². The number of benzene rings is 3. The molecule has 7 nitrogen and oxygen atoms in total. The Bertz CT molecular complexity index is 1550. The fourth-order valence-corrected chi connectivity index (χ4v) is 6.03. The summed E-state index contributed by atoms with van der Waals surface area (Å²) in [5.74, 6) is 0.992. The predicted molar refractivity (Wildman–Crippen MR) is 148 cm³/mol. The molecule has 3 aliphatic rings. The quantitative estimate of drug-likeness (QED) is 0.387. The highest BCUT2D eigenvalue weighted by Crippen LogP contribution is 2.65. The van der Waals surface area contributed by atoms with Crippen LogP contribution in [-0.4, -0.2) is 54.4 Å². The van der Waals surface area contributed by atoms with Gasteiger partial charge in [-0.3, -0.25) is 14.8 Å². The number of methoxy groups -OCH3 is 1. The molecule has 7 rings (SSSR count). The minimum absolute atomic E-state index is 0.0787. The molecule has 2 aliphatic heterocycles. The second-order valence-corrected chi connectivity index (χ2v) is 10.5. The second kappa shape index (κ2) is 9.11. The van der Waals surface area contributed by atoms with Gasteiger partial charge >= 0.3 is 0 Å². The lowest BCUT2D eigenvalue weighted by Crippen LogP contribution is -2.35. The molecule has 2 atom stereocenters. The van der Waals surface area contributed by atoms with Crippen molar-refractivity contribution >= 4 is 34.6 Å².